The molecule has 10 heteroatoms. The van der Waals surface area contributed by atoms with Crippen LogP contribution in [0.4, 0.5) is 18.2 Å². The van der Waals surface area contributed by atoms with Crippen LogP contribution in [0.25, 0.3) is 10.6 Å². The number of aromatic nitrogens is 2. The minimum atomic E-state index is -4.40. The third kappa shape index (κ3) is 4.53. The van der Waals surface area contributed by atoms with Gasteiger partial charge in [0, 0.05) is 19.6 Å². The normalized spacial score (nSPS) is 13.0. The van der Waals surface area contributed by atoms with Crippen LogP contribution in [-0.2, 0) is 19.6 Å². The largest absolute Gasteiger partial charge is 0.416 e. The molecule has 1 aromatic carbocycles. The topological polar surface area (TPSA) is 55.9 Å². The van der Waals surface area contributed by atoms with Crippen LogP contribution in [0.15, 0.2) is 41.0 Å². The van der Waals surface area contributed by atoms with Crippen LogP contribution in [0.2, 0.25) is 5.02 Å². The lowest BCUT2D eigenvalue weighted by atomic mass is 10.00. The summed E-state index contributed by atoms with van der Waals surface area (Å²) in [5.41, 5.74) is 6.21. The van der Waals surface area contributed by atoms with E-state index >= 15 is 0 Å². The minimum absolute atomic E-state index is 0.145. The Hall–Kier alpha value is -1.55. The van der Waals surface area contributed by atoms with E-state index in [0.29, 0.717) is 5.02 Å². The van der Waals surface area contributed by atoms with Gasteiger partial charge in [-0.3, -0.25) is 4.68 Å². The van der Waals surface area contributed by atoms with Crippen molar-refractivity contribution in [3.05, 3.63) is 57.2 Å². The number of anilines is 1. The van der Waals surface area contributed by atoms with Crippen LogP contribution in [0.1, 0.15) is 11.1 Å². The first-order valence-corrected chi connectivity index (χ1v) is 10.3. The number of thiophene rings is 1. The highest BCUT2D eigenvalue weighted by Crippen LogP contribution is 2.42. The summed E-state index contributed by atoms with van der Waals surface area (Å²) in [4.78, 5) is 0.808. The summed E-state index contributed by atoms with van der Waals surface area (Å²) in [6, 6.07) is 6.92. The quantitative estimate of drug-likeness (QED) is 0.472. The number of nitrogens with one attached hydrogen (secondary N) is 1. The summed E-state index contributed by atoms with van der Waals surface area (Å²) in [7, 11) is 1.81. The molecular weight excluding hydrogens is 477 g/mol. The van der Waals surface area contributed by atoms with Crippen LogP contribution in [0.5, 0.6) is 0 Å². The van der Waals surface area contributed by atoms with E-state index < -0.39 is 11.7 Å². The first-order valence-electron chi connectivity index (χ1n) is 8.29. The Labute approximate surface area is 177 Å². The number of aryl methyl sites for hydroxylation is 1. The number of nitrogens with zero attached hydrogens (tertiary/aromatic N) is 2. The monoisotopic (exact) mass is 492 g/mol. The molecule has 2 heterocycles. The van der Waals surface area contributed by atoms with Crippen molar-refractivity contribution >= 4 is 43.9 Å². The number of rotatable bonds is 6. The van der Waals surface area contributed by atoms with Gasteiger partial charge in [-0.1, -0.05) is 29.8 Å². The molecule has 0 spiro atoms. The molecule has 0 saturated carbocycles. The minimum Gasteiger partial charge on any atom is -0.373 e. The van der Waals surface area contributed by atoms with Gasteiger partial charge in [-0.15, -0.1) is 11.3 Å². The number of hydrogen-bond acceptors (Lipinski definition) is 4. The third-order valence-electron chi connectivity index (χ3n) is 4.22. The van der Waals surface area contributed by atoms with E-state index in [1.165, 1.54) is 23.5 Å². The first-order chi connectivity index (χ1) is 13.2. The van der Waals surface area contributed by atoms with Crippen LogP contribution >= 0.6 is 38.9 Å². The SMILES string of the molecule is Cn1ncc(Br)c1-c1sc(N[C@H](CN)Cc2ccccc2C(F)(F)F)cc1Cl. The second-order valence-corrected chi connectivity index (χ2v) is 8.50. The van der Waals surface area contributed by atoms with Crippen molar-refractivity contribution in [2.45, 2.75) is 18.6 Å². The van der Waals surface area contributed by atoms with Gasteiger partial charge in [0.2, 0.25) is 0 Å². The van der Waals surface area contributed by atoms with Gasteiger partial charge < -0.3 is 11.1 Å². The zero-order chi connectivity index (χ0) is 20.5. The zero-order valence-electron chi connectivity index (χ0n) is 14.7. The van der Waals surface area contributed by atoms with Gasteiger partial charge in [0.25, 0.3) is 0 Å². The second-order valence-electron chi connectivity index (χ2n) is 6.19. The van der Waals surface area contributed by atoms with Crippen LogP contribution in [0, 0.1) is 0 Å². The van der Waals surface area contributed by atoms with E-state index in [-0.39, 0.29) is 24.6 Å². The molecule has 0 fully saturated rings. The Bertz CT molecular complexity index is 951. The fourth-order valence-electron chi connectivity index (χ4n) is 2.90. The van der Waals surface area contributed by atoms with Crippen molar-refractivity contribution in [1.82, 2.24) is 9.78 Å². The van der Waals surface area contributed by atoms with Crippen LogP contribution < -0.4 is 11.1 Å². The fraction of sp³-hybridized carbons (Fsp3) is 0.278. The number of nitrogens with two attached hydrogens (primary N) is 1. The Morgan fingerprint density at radius 1 is 1.36 bits per heavy atom. The van der Waals surface area contributed by atoms with E-state index in [1.807, 2.05) is 0 Å². The van der Waals surface area contributed by atoms with Crippen molar-refractivity contribution in [3.63, 3.8) is 0 Å². The molecule has 150 valence electrons. The molecule has 0 unspecified atom stereocenters. The number of hydrogen-bond donors (Lipinski definition) is 2. The van der Waals surface area contributed by atoms with Crippen molar-refractivity contribution in [2.24, 2.45) is 12.8 Å². The molecule has 0 saturated heterocycles. The highest BCUT2D eigenvalue weighted by molar-refractivity contribution is 9.10. The molecule has 28 heavy (non-hydrogen) atoms. The van der Waals surface area contributed by atoms with Crippen LogP contribution in [0.3, 0.4) is 0 Å². The van der Waals surface area contributed by atoms with Crippen molar-refractivity contribution in [2.75, 3.05) is 11.9 Å². The van der Waals surface area contributed by atoms with Crippen molar-refractivity contribution in [1.29, 1.82) is 0 Å². The Morgan fingerprint density at radius 2 is 2.07 bits per heavy atom. The number of halogens is 5. The van der Waals surface area contributed by atoms with Gasteiger partial charge in [-0.05, 0) is 40.0 Å². The van der Waals surface area contributed by atoms with E-state index in [1.54, 1.807) is 30.1 Å². The van der Waals surface area contributed by atoms with E-state index in [2.05, 4.69) is 26.3 Å². The Kier molecular flexibility index (Phi) is 6.38. The summed E-state index contributed by atoms with van der Waals surface area (Å²) in [6.45, 7) is 0.173. The Morgan fingerprint density at radius 3 is 2.68 bits per heavy atom. The maximum atomic E-state index is 13.2. The maximum absolute atomic E-state index is 13.2. The van der Waals surface area contributed by atoms with Gasteiger partial charge in [0.15, 0.2) is 0 Å². The predicted octanol–water partition coefficient (Wildman–Crippen LogP) is 5.57. The molecule has 0 aliphatic carbocycles. The molecule has 2 aromatic heterocycles. The zero-order valence-corrected chi connectivity index (χ0v) is 17.9. The lowest BCUT2D eigenvalue weighted by Crippen LogP contribution is -2.31. The lowest BCUT2D eigenvalue weighted by Gasteiger charge is -2.19. The van der Waals surface area contributed by atoms with Gasteiger partial charge in [0.1, 0.15) is 0 Å². The van der Waals surface area contributed by atoms with E-state index in [9.17, 15) is 13.2 Å². The summed E-state index contributed by atoms with van der Waals surface area (Å²) in [5, 5.41) is 8.65. The smallest absolute Gasteiger partial charge is 0.373 e. The predicted molar refractivity (Wildman–Crippen MR) is 111 cm³/mol. The van der Waals surface area contributed by atoms with Gasteiger partial charge in [-0.25, -0.2) is 0 Å². The van der Waals surface area contributed by atoms with Gasteiger partial charge >= 0.3 is 6.18 Å². The Balaban J connectivity index is 1.83. The van der Waals surface area contributed by atoms with Gasteiger partial charge in [0.05, 0.1) is 36.8 Å². The third-order valence-corrected chi connectivity index (χ3v) is 6.28. The summed E-state index contributed by atoms with van der Waals surface area (Å²) >= 11 is 11.2. The average Bonchev–Trinajstić information content (AvgIpc) is 3.15. The molecular formula is C18H17BrClF3N4S. The highest BCUT2D eigenvalue weighted by atomic mass is 79.9. The highest BCUT2D eigenvalue weighted by Gasteiger charge is 2.33. The second kappa shape index (κ2) is 8.44. The van der Waals surface area contributed by atoms with Crippen LogP contribution in [-0.4, -0.2) is 22.4 Å². The molecule has 3 N–H and O–H groups in total. The summed E-state index contributed by atoms with van der Waals surface area (Å²) < 4.78 is 42.2. The van der Waals surface area contributed by atoms with E-state index in [0.717, 1.165) is 26.1 Å². The van der Waals surface area contributed by atoms with E-state index in [4.69, 9.17) is 17.3 Å². The lowest BCUT2D eigenvalue weighted by molar-refractivity contribution is -0.138. The first kappa shape index (κ1) is 21.2. The molecule has 0 amide bonds. The average molecular weight is 494 g/mol. The molecule has 4 nitrogen and oxygen atoms in total. The molecule has 3 aromatic rings. The summed E-state index contributed by atoms with van der Waals surface area (Å²) in [6.07, 6.45) is -2.58. The molecule has 0 radical (unpaired) electrons. The fourth-order valence-corrected chi connectivity index (χ4v) is 5.08. The molecule has 1 atom stereocenters. The summed E-state index contributed by atoms with van der Waals surface area (Å²) in [5.74, 6) is 0. The van der Waals surface area contributed by atoms with Crippen molar-refractivity contribution in [3.8, 4) is 10.6 Å². The van der Waals surface area contributed by atoms with Gasteiger partial charge in [-0.2, -0.15) is 18.3 Å². The molecule has 0 aliphatic rings. The molecule has 3 rings (SSSR count). The molecule has 0 aliphatic heterocycles. The maximum Gasteiger partial charge on any atom is 0.416 e. The number of alkyl halides is 3. The number of benzene rings is 1. The van der Waals surface area contributed by atoms with Crippen molar-refractivity contribution < 1.29 is 13.2 Å². The molecule has 0 bridgehead atoms. The standard InChI is InChI=1S/C18H17BrClF3N4S/c1-27-16(13(19)9-25-27)17-14(20)7-15(28-17)26-11(8-24)6-10-4-2-3-5-12(10)18(21,22)23/h2-5,7,9,11,26H,6,8,24H2,1H3/t11-/m0/s1.